The second-order valence-corrected chi connectivity index (χ2v) is 9.56. The number of sulfonamides is 1. The molecule has 2 aromatic carbocycles. The molecule has 8 nitrogen and oxygen atoms in total. The van der Waals surface area contributed by atoms with Gasteiger partial charge < -0.3 is 10.5 Å². The highest BCUT2D eigenvalue weighted by Gasteiger charge is 2.23. The number of pyridine rings is 1. The molecule has 0 unspecified atom stereocenters. The fourth-order valence-corrected chi connectivity index (χ4v) is 4.85. The van der Waals surface area contributed by atoms with Crippen LogP contribution in [0.4, 0.5) is 16.0 Å². The van der Waals surface area contributed by atoms with Crippen molar-refractivity contribution in [3.8, 4) is 22.9 Å². The van der Waals surface area contributed by atoms with Crippen LogP contribution in [-0.2, 0) is 10.0 Å². The minimum absolute atomic E-state index is 0.0894. The third-order valence-corrected chi connectivity index (χ3v) is 6.62. The summed E-state index contributed by atoms with van der Waals surface area (Å²) in [7, 11) is -3.72. The lowest BCUT2D eigenvalue weighted by Crippen LogP contribution is -2.18. The standard InChI is InChI=1S/C24H24FN5O3S/c1-3-4-14-34(31,32)30-21-16-8-5-6-9-17(16)22(15(2)20(21)25)33-23-18(10-7-12-27-23)19-11-13-28-24(26)29-19/h5-13,30H,3-4,14H2,1-2H3,(H2,26,28,29). The number of hydrogen-bond acceptors (Lipinski definition) is 7. The van der Waals surface area contributed by atoms with Gasteiger partial charge in [-0.05, 0) is 31.5 Å². The average molecular weight is 482 g/mol. The van der Waals surface area contributed by atoms with E-state index in [0.29, 0.717) is 34.9 Å². The maximum Gasteiger partial charge on any atom is 0.232 e. The van der Waals surface area contributed by atoms with Crippen molar-refractivity contribution in [2.24, 2.45) is 0 Å². The molecule has 4 rings (SSSR count). The molecule has 0 bridgehead atoms. The molecule has 3 N–H and O–H groups in total. The van der Waals surface area contributed by atoms with Crippen molar-refractivity contribution in [1.29, 1.82) is 0 Å². The molecule has 0 fully saturated rings. The van der Waals surface area contributed by atoms with E-state index in [4.69, 9.17) is 10.5 Å². The van der Waals surface area contributed by atoms with Gasteiger partial charge >= 0.3 is 0 Å². The lowest BCUT2D eigenvalue weighted by atomic mass is 10.0. The Kier molecular flexibility index (Phi) is 6.60. The van der Waals surface area contributed by atoms with Crippen LogP contribution in [0, 0.1) is 12.7 Å². The quantitative estimate of drug-likeness (QED) is 0.361. The van der Waals surface area contributed by atoms with Crippen LogP contribution in [0.2, 0.25) is 0 Å². The lowest BCUT2D eigenvalue weighted by molar-refractivity contribution is 0.461. The molecule has 0 radical (unpaired) electrons. The van der Waals surface area contributed by atoms with E-state index in [2.05, 4.69) is 19.7 Å². The molecule has 0 saturated heterocycles. The lowest BCUT2D eigenvalue weighted by Gasteiger charge is -2.18. The molecule has 0 aliphatic heterocycles. The molecule has 0 aliphatic carbocycles. The summed E-state index contributed by atoms with van der Waals surface area (Å²) >= 11 is 0. The molecule has 4 aromatic rings. The van der Waals surface area contributed by atoms with Crippen molar-refractivity contribution in [2.75, 3.05) is 16.2 Å². The number of unbranched alkanes of at least 4 members (excludes halogenated alkanes) is 1. The van der Waals surface area contributed by atoms with Gasteiger partial charge in [-0.15, -0.1) is 0 Å². The molecular weight excluding hydrogens is 457 g/mol. The summed E-state index contributed by atoms with van der Waals surface area (Å²) in [5.74, 6) is -0.276. The number of benzene rings is 2. The highest BCUT2D eigenvalue weighted by Crippen LogP contribution is 2.41. The van der Waals surface area contributed by atoms with Crippen molar-refractivity contribution in [3.05, 3.63) is 66.2 Å². The molecule has 0 amide bonds. The molecule has 0 aliphatic rings. The van der Waals surface area contributed by atoms with Gasteiger partial charge in [0.05, 0.1) is 22.7 Å². The first-order valence-corrected chi connectivity index (χ1v) is 12.4. The summed E-state index contributed by atoms with van der Waals surface area (Å²) in [6, 6.07) is 12.0. The topological polar surface area (TPSA) is 120 Å². The average Bonchev–Trinajstić information content (AvgIpc) is 2.83. The summed E-state index contributed by atoms with van der Waals surface area (Å²) in [6.45, 7) is 3.43. The van der Waals surface area contributed by atoms with Crippen molar-refractivity contribution < 1.29 is 17.5 Å². The molecule has 0 atom stereocenters. The smallest absolute Gasteiger partial charge is 0.232 e. The Bertz CT molecular complexity index is 1460. The van der Waals surface area contributed by atoms with Crippen LogP contribution < -0.4 is 15.2 Å². The van der Waals surface area contributed by atoms with Gasteiger partial charge in [0, 0.05) is 28.7 Å². The second-order valence-electron chi connectivity index (χ2n) is 7.72. The van der Waals surface area contributed by atoms with E-state index in [1.54, 1.807) is 48.7 Å². The predicted octanol–water partition coefficient (Wildman–Crippen LogP) is 5.06. The minimum atomic E-state index is -3.72. The van der Waals surface area contributed by atoms with Gasteiger partial charge in [0.25, 0.3) is 0 Å². The van der Waals surface area contributed by atoms with E-state index in [1.807, 2.05) is 6.92 Å². The Hall–Kier alpha value is -3.79. The van der Waals surface area contributed by atoms with Crippen LogP contribution >= 0.6 is 0 Å². The normalized spacial score (nSPS) is 11.5. The number of nitrogen functional groups attached to an aromatic ring is 1. The van der Waals surface area contributed by atoms with E-state index in [1.165, 1.54) is 13.1 Å². The molecule has 2 heterocycles. The largest absolute Gasteiger partial charge is 0.437 e. The number of rotatable bonds is 8. The van der Waals surface area contributed by atoms with Crippen LogP contribution in [0.1, 0.15) is 25.3 Å². The number of nitrogens with one attached hydrogen (secondary N) is 1. The predicted molar refractivity (Wildman–Crippen MR) is 131 cm³/mol. The number of fused-ring (bicyclic) bond motifs is 1. The Morgan fingerprint density at radius 3 is 2.56 bits per heavy atom. The van der Waals surface area contributed by atoms with E-state index >= 15 is 4.39 Å². The second kappa shape index (κ2) is 9.60. The Morgan fingerprint density at radius 2 is 1.82 bits per heavy atom. The molecular formula is C24H24FN5O3S. The first-order valence-electron chi connectivity index (χ1n) is 10.7. The van der Waals surface area contributed by atoms with Gasteiger partial charge in [-0.3, -0.25) is 4.72 Å². The zero-order valence-corrected chi connectivity index (χ0v) is 19.6. The van der Waals surface area contributed by atoms with Gasteiger partial charge in [-0.1, -0.05) is 37.6 Å². The van der Waals surface area contributed by atoms with Gasteiger partial charge in [0.2, 0.25) is 21.9 Å². The molecule has 2 aromatic heterocycles. The van der Waals surface area contributed by atoms with Gasteiger partial charge in [-0.25, -0.2) is 27.8 Å². The fourth-order valence-electron chi connectivity index (χ4n) is 3.57. The summed E-state index contributed by atoms with van der Waals surface area (Å²) in [5.41, 5.74) is 6.82. The third-order valence-electron chi connectivity index (χ3n) is 5.27. The van der Waals surface area contributed by atoms with Gasteiger partial charge in [-0.2, -0.15) is 0 Å². The Morgan fingerprint density at radius 1 is 1.06 bits per heavy atom. The van der Waals surface area contributed by atoms with Gasteiger partial charge in [0.1, 0.15) is 5.75 Å². The molecule has 176 valence electrons. The number of nitrogens with zero attached hydrogens (tertiary/aromatic N) is 3. The first-order chi connectivity index (χ1) is 16.3. The van der Waals surface area contributed by atoms with Crippen molar-refractivity contribution in [1.82, 2.24) is 15.0 Å². The van der Waals surface area contributed by atoms with Crippen LogP contribution in [0.3, 0.4) is 0 Å². The SMILES string of the molecule is CCCCS(=O)(=O)Nc1c(F)c(C)c(Oc2ncccc2-c2ccnc(N)n2)c2ccccc12. The Labute approximate surface area is 197 Å². The van der Waals surface area contributed by atoms with Crippen LogP contribution in [0.25, 0.3) is 22.0 Å². The van der Waals surface area contributed by atoms with E-state index in [9.17, 15) is 8.42 Å². The number of ether oxygens (including phenoxy) is 1. The Balaban J connectivity index is 1.83. The molecule has 0 saturated carbocycles. The first kappa shape index (κ1) is 23.4. The van der Waals surface area contributed by atoms with Crippen molar-refractivity contribution in [3.63, 3.8) is 0 Å². The fraction of sp³-hybridized carbons (Fsp3) is 0.208. The number of hydrogen-bond donors (Lipinski definition) is 2. The summed E-state index contributed by atoms with van der Waals surface area (Å²) in [4.78, 5) is 12.4. The maximum absolute atomic E-state index is 15.6. The monoisotopic (exact) mass is 481 g/mol. The molecule has 10 heteroatoms. The number of nitrogens with two attached hydrogens (primary N) is 1. The van der Waals surface area contributed by atoms with E-state index < -0.39 is 15.8 Å². The number of anilines is 2. The van der Waals surface area contributed by atoms with Crippen molar-refractivity contribution in [2.45, 2.75) is 26.7 Å². The summed E-state index contributed by atoms with van der Waals surface area (Å²) in [6.07, 6.45) is 4.26. The summed E-state index contributed by atoms with van der Waals surface area (Å²) in [5, 5.41) is 0.915. The van der Waals surface area contributed by atoms with E-state index in [0.717, 1.165) is 0 Å². The van der Waals surface area contributed by atoms with Crippen LogP contribution in [0.15, 0.2) is 54.9 Å². The molecule has 34 heavy (non-hydrogen) atoms. The summed E-state index contributed by atoms with van der Waals surface area (Å²) < 4.78 is 49.2. The third kappa shape index (κ3) is 4.76. The van der Waals surface area contributed by atoms with Crippen LogP contribution in [-0.4, -0.2) is 29.1 Å². The van der Waals surface area contributed by atoms with Gasteiger partial charge in [0.15, 0.2) is 5.82 Å². The van der Waals surface area contributed by atoms with Crippen LogP contribution in [0.5, 0.6) is 11.6 Å². The zero-order valence-electron chi connectivity index (χ0n) is 18.7. The number of aromatic nitrogens is 3. The van der Waals surface area contributed by atoms with E-state index in [-0.39, 0.29) is 34.6 Å². The highest BCUT2D eigenvalue weighted by molar-refractivity contribution is 7.92. The minimum Gasteiger partial charge on any atom is -0.437 e. The van der Waals surface area contributed by atoms with Crippen molar-refractivity contribution >= 4 is 32.4 Å². The highest BCUT2D eigenvalue weighted by atomic mass is 32.2. The maximum atomic E-state index is 15.6. The number of halogens is 1. The molecule has 0 spiro atoms. The zero-order chi connectivity index (χ0) is 24.3.